The summed E-state index contributed by atoms with van der Waals surface area (Å²) in [6.07, 6.45) is 2.04. The van der Waals surface area contributed by atoms with Crippen molar-refractivity contribution >= 4 is 11.0 Å². The van der Waals surface area contributed by atoms with E-state index >= 15 is 0 Å². The Balaban J connectivity index is 0.000000158. The summed E-state index contributed by atoms with van der Waals surface area (Å²) in [5.41, 5.74) is 8.20. The molecule has 1 aliphatic heterocycles. The minimum absolute atomic E-state index is 0. The van der Waals surface area contributed by atoms with Gasteiger partial charge in [0.05, 0.1) is 22.5 Å². The molecule has 5 aromatic carbocycles. The van der Waals surface area contributed by atoms with Crippen LogP contribution >= 0.6 is 0 Å². The maximum atomic E-state index is 13.0. The predicted octanol–water partition coefficient (Wildman–Crippen LogP) is 8.49. The van der Waals surface area contributed by atoms with E-state index in [1.165, 1.54) is 16.9 Å². The summed E-state index contributed by atoms with van der Waals surface area (Å²) in [4.78, 5) is 17.8. The van der Waals surface area contributed by atoms with Crippen molar-refractivity contribution in [1.82, 2.24) is 18.7 Å². The molecule has 0 unspecified atom stereocenters. The van der Waals surface area contributed by atoms with Gasteiger partial charge in [-0.15, -0.1) is 42.0 Å². The number of benzene rings is 5. The third-order valence-electron chi connectivity index (χ3n) is 9.43. The minimum Gasteiger partial charge on any atom is -0.336 e. The van der Waals surface area contributed by atoms with E-state index in [4.69, 9.17) is 4.98 Å². The van der Waals surface area contributed by atoms with Crippen LogP contribution < -0.4 is 5.69 Å². The molecule has 1 aliphatic rings. The molecule has 0 fully saturated rings. The van der Waals surface area contributed by atoms with Crippen molar-refractivity contribution in [2.45, 2.75) is 38.5 Å². The van der Waals surface area contributed by atoms with E-state index in [2.05, 4.69) is 74.7 Å². The Morgan fingerprint density at radius 1 is 0.609 bits per heavy atom. The summed E-state index contributed by atoms with van der Waals surface area (Å²) >= 11 is 0. The number of imidazole rings is 2. The molecule has 0 amide bonds. The van der Waals surface area contributed by atoms with E-state index in [1.807, 2.05) is 103 Å². The number of fused-ring (bicyclic) bond motifs is 4. The Hall–Kier alpha value is -4.77. The first kappa shape index (κ1) is 31.2. The maximum Gasteiger partial charge on any atom is 0.336 e. The summed E-state index contributed by atoms with van der Waals surface area (Å²) in [7, 11) is 0. The van der Waals surface area contributed by atoms with Gasteiger partial charge >= 0.3 is 5.69 Å². The fraction of sp³-hybridized carbons (Fsp3) is 0.150. The fourth-order valence-electron chi connectivity index (χ4n) is 6.34. The molecule has 2 aromatic heterocycles. The Morgan fingerprint density at radius 2 is 1.22 bits per heavy atom. The first-order valence-electron chi connectivity index (χ1n) is 15.2. The van der Waals surface area contributed by atoms with Crippen LogP contribution in [0.5, 0.6) is 0 Å². The fourth-order valence-corrected chi connectivity index (χ4v) is 6.34. The van der Waals surface area contributed by atoms with Gasteiger partial charge in [0.15, 0.2) is 0 Å². The summed E-state index contributed by atoms with van der Waals surface area (Å²) in [6, 6.07) is 48.2. The van der Waals surface area contributed by atoms with E-state index in [-0.39, 0.29) is 36.6 Å². The molecule has 0 aliphatic carbocycles. The van der Waals surface area contributed by atoms with Crippen LogP contribution in [0.1, 0.15) is 39.0 Å². The molecule has 0 saturated carbocycles. The van der Waals surface area contributed by atoms with Crippen LogP contribution in [0.25, 0.3) is 39.5 Å². The van der Waals surface area contributed by atoms with Gasteiger partial charge in [-0.1, -0.05) is 81.9 Å². The van der Waals surface area contributed by atoms with Crippen molar-refractivity contribution in [3.63, 3.8) is 0 Å². The van der Waals surface area contributed by atoms with E-state index in [0.29, 0.717) is 0 Å². The quantitative estimate of drug-likeness (QED) is 0.169. The van der Waals surface area contributed by atoms with E-state index < -0.39 is 0 Å². The predicted molar refractivity (Wildman–Crippen MR) is 182 cm³/mol. The first-order valence-corrected chi connectivity index (χ1v) is 15.2. The van der Waals surface area contributed by atoms with Gasteiger partial charge < -0.3 is 4.57 Å². The number of aromatic nitrogens is 4. The first-order chi connectivity index (χ1) is 21.8. The molecule has 1 radical (unpaired) electrons. The van der Waals surface area contributed by atoms with Gasteiger partial charge in [0, 0.05) is 48.5 Å². The van der Waals surface area contributed by atoms with Crippen LogP contribution in [-0.2, 0) is 30.9 Å². The average Bonchev–Trinajstić information content (AvgIpc) is 3.65. The monoisotopic (exact) mass is 779 g/mol. The van der Waals surface area contributed by atoms with E-state index in [9.17, 15) is 4.79 Å². The third kappa shape index (κ3) is 4.99. The molecule has 46 heavy (non-hydrogen) atoms. The van der Waals surface area contributed by atoms with Crippen molar-refractivity contribution in [2.24, 2.45) is 0 Å². The third-order valence-corrected chi connectivity index (χ3v) is 9.43. The van der Waals surface area contributed by atoms with Crippen LogP contribution in [0.15, 0.2) is 138 Å². The molecule has 231 valence electrons. The zero-order chi connectivity index (χ0) is 31.2. The van der Waals surface area contributed by atoms with Gasteiger partial charge in [-0.3, -0.25) is 14.1 Å². The molecule has 8 rings (SSSR count). The summed E-state index contributed by atoms with van der Waals surface area (Å²) in [5, 5.41) is 0. The molecule has 0 spiro atoms. The second kappa shape index (κ2) is 12.2. The van der Waals surface area contributed by atoms with Crippen molar-refractivity contribution in [3.8, 4) is 28.5 Å². The molecule has 0 N–H and O–H groups in total. The molecule has 6 heteroatoms. The zero-order valence-corrected chi connectivity index (χ0v) is 28.6. The zero-order valence-electron chi connectivity index (χ0n) is 26.2. The molecule has 0 saturated heterocycles. The number of hydrogen-bond acceptors (Lipinski definition) is 2. The van der Waals surface area contributed by atoms with Gasteiger partial charge in [0.25, 0.3) is 0 Å². The van der Waals surface area contributed by atoms with Crippen LogP contribution in [0, 0.1) is 12.1 Å². The van der Waals surface area contributed by atoms with Crippen LogP contribution in [0.4, 0.5) is 0 Å². The van der Waals surface area contributed by atoms with Gasteiger partial charge in [0.1, 0.15) is 0 Å². The largest absolute Gasteiger partial charge is 0.336 e. The van der Waals surface area contributed by atoms with Crippen molar-refractivity contribution in [1.29, 1.82) is 0 Å². The average molecular weight is 779 g/mol. The van der Waals surface area contributed by atoms with E-state index in [1.54, 1.807) is 9.13 Å². The number of rotatable bonds is 3. The molecule has 3 heterocycles. The smallest absolute Gasteiger partial charge is 0.336 e. The molecule has 7 aromatic rings. The number of nitrogens with zero attached hydrogens (tertiary/aromatic N) is 4. The topological polar surface area (TPSA) is 44.8 Å². The molecule has 0 atom stereocenters. The van der Waals surface area contributed by atoms with Crippen molar-refractivity contribution in [2.75, 3.05) is 0 Å². The van der Waals surface area contributed by atoms with Crippen LogP contribution in [0.2, 0.25) is 0 Å². The normalized spacial score (nSPS) is 13.9. The van der Waals surface area contributed by atoms with Crippen molar-refractivity contribution in [3.05, 3.63) is 167 Å². The van der Waals surface area contributed by atoms with Crippen LogP contribution in [-0.4, -0.2) is 18.7 Å². The number of para-hydroxylation sites is 5. The summed E-state index contributed by atoms with van der Waals surface area (Å²) in [6.45, 7) is 9.29. The van der Waals surface area contributed by atoms with Gasteiger partial charge in [0.2, 0.25) is 0 Å². The van der Waals surface area contributed by atoms with Crippen LogP contribution in [0.3, 0.4) is 0 Å². The Kier molecular flexibility index (Phi) is 8.28. The van der Waals surface area contributed by atoms with Gasteiger partial charge in [-0.05, 0) is 35.9 Å². The molecule has 5 nitrogen and oxygen atoms in total. The standard InChI is InChI=1S/C21H21N2.C19H13N2O.Ir/c1-20(2)16-12-8-9-13-17(16)23-18(21(20,3)4)14-22-19(23)15-10-6-5-7-11-15;22-19-20(15-9-3-1-4-10-15)17-13-7-8-14-18(17)21(19)16-11-5-2-6-12-16;/h5-10,12-14H,1-4H3;1-11,13-14H;/q2*-1;. The Morgan fingerprint density at radius 3 is 1.89 bits per heavy atom. The molecule has 0 bridgehead atoms. The Labute approximate surface area is 283 Å². The summed E-state index contributed by atoms with van der Waals surface area (Å²) < 4.78 is 5.74. The second-order valence-electron chi connectivity index (χ2n) is 12.4. The van der Waals surface area contributed by atoms with E-state index in [0.717, 1.165) is 33.8 Å². The second-order valence-corrected chi connectivity index (χ2v) is 12.4. The Bertz CT molecular complexity index is 2100. The SMILES string of the molecule is CC1(C)c2ccccc2-n2c(cnc2-c2[c-]cccc2)C1(C)C.O=c1n(-c2[c-]cccc2)c2ccccc2n1-c1ccccc1.[Ir]. The minimum atomic E-state index is -0.0881. The van der Waals surface area contributed by atoms with Crippen molar-refractivity contribution < 1.29 is 20.1 Å². The maximum absolute atomic E-state index is 13.0. The molecular formula is C40H34IrN4O-2. The van der Waals surface area contributed by atoms with Gasteiger partial charge in [-0.25, -0.2) is 4.79 Å². The number of hydrogen-bond donors (Lipinski definition) is 0. The molecular weight excluding hydrogens is 745 g/mol. The van der Waals surface area contributed by atoms with Gasteiger partial charge in [-0.2, -0.15) is 24.3 Å². The summed E-state index contributed by atoms with van der Waals surface area (Å²) in [5.74, 6) is 0.969.